The lowest BCUT2D eigenvalue weighted by atomic mass is 9.94. The normalized spacial score (nSPS) is 11.8. The van der Waals surface area contributed by atoms with Crippen LogP contribution in [0.1, 0.15) is 44.9 Å². The van der Waals surface area contributed by atoms with Gasteiger partial charge in [0.2, 0.25) is 5.89 Å². The van der Waals surface area contributed by atoms with Crippen molar-refractivity contribution in [1.29, 1.82) is 0 Å². The van der Waals surface area contributed by atoms with Gasteiger partial charge < -0.3 is 15.1 Å². The highest BCUT2D eigenvalue weighted by atomic mass is 127. The first-order valence-electron chi connectivity index (χ1n) is 9.52. The SMILES string of the molecule is CCNC(=NCc1cccc(-n2cccn2)c1)NCc1ncc(C(C)(C)C)o1.I. The van der Waals surface area contributed by atoms with E-state index in [1.54, 1.807) is 12.4 Å². The molecule has 0 atom stereocenters. The Morgan fingerprint density at radius 3 is 2.69 bits per heavy atom. The molecule has 29 heavy (non-hydrogen) atoms. The van der Waals surface area contributed by atoms with Crippen LogP contribution in [0, 0.1) is 0 Å². The maximum atomic E-state index is 5.83. The maximum Gasteiger partial charge on any atom is 0.213 e. The summed E-state index contributed by atoms with van der Waals surface area (Å²) in [7, 11) is 0. The van der Waals surface area contributed by atoms with Gasteiger partial charge in [-0.25, -0.2) is 14.7 Å². The average molecular weight is 508 g/mol. The van der Waals surface area contributed by atoms with Crippen molar-refractivity contribution >= 4 is 29.9 Å². The van der Waals surface area contributed by atoms with E-state index in [1.165, 1.54) is 0 Å². The number of nitrogens with zero attached hydrogens (tertiary/aromatic N) is 4. The zero-order chi connectivity index (χ0) is 20.0. The lowest BCUT2D eigenvalue weighted by molar-refractivity contribution is 0.379. The first-order chi connectivity index (χ1) is 13.5. The summed E-state index contributed by atoms with van der Waals surface area (Å²) in [5.74, 6) is 2.25. The summed E-state index contributed by atoms with van der Waals surface area (Å²) in [5.41, 5.74) is 2.07. The van der Waals surface area contributed by atoms with E-state index in [-0.39, 0.29) is 29.4 Å². The fourth-order valence-electron chi connectivity index (χ4n) is 2.63. The molecule has 156 valence electrons. The number of aliphatic imine (C=N–C) groups is 1. The summed E-state index contributed by atoms with van der Waals surface area (Å²) in [6, 6.07) is 10.1. The van der Waals surface area contributed by atoms with Crippen LogP contribution >= 0.6 is 24.0 Å². The fraction of sp³-hybridized carbons (Fsp3) is 0.381. The van der Waals surface area contributed by atoms with Crippen LogP contribution in [0.3, 0.4) is 0 Å². The van der Waals surface area contributed by atoms with Crippen molar-refractivity contribution in [3.8, 4) is 5.69 Å². The molecule has 2 N–H and O–H groups in total. The van der Waals surface area contributed by atoms with Gasteiger partial charge in [-0.2, -0.15) is 5.10 Å². The summed E-state index contributed by atoms with van der Waals surface area (Å²) in [4.78, 5) is 9.02. The summed E-state index contributed by atoms with van der Waals surface area (Å²) < 4.78 is 7.67. The molecule has 0 aliphatic heterocycles. The molecule has 0 spiro atoms. The molecule has 0 amide bonds. The van der Waals surface area contributed by atoms with Crippen molar-refractivity contribution in [2.45, 2.75) is 46.2 Å². The van der Waals surface area contributed by atoms with Gasteiger partial charge in [-0.1, -0.05) is 32.9 Å². The van der Waals surface area contributed by atoms with Crippen molar-refractivity contribution in [2.24, 2.45) is 4.99 Å². The number of halogens is 1. The Kier molecular flexibility index (Phi) is 8.24. The Labute approximate surface area is 189 Å². The molecule has 0 bridgehead atoms. The fourth-order valence-corrected chi connectivity index (χ4v) is 2.63. The molecular formula is C21H29IN6O. The van der Waals surface area contributed by atoms with Gasteiger partial charge in [0.15, 0.2) is 5.96 Å². The molecule has 7 nitrogen and oxygen atoms in total. The minimum atomic E-state index is -0.0522. The second-order valence-electron chi connectivity index (χ2n) is 7.54. The first kappa shape index (κ1) is 22.9. The molecule has 0 saturated carbocycles. The topological polar surface area (TPSA) is 80.3 Å². The van der Waals surface area contributed by atoms with Crippen LogP contribution in [0.5, 0.6) is 0 Å². The highest BCUT2D eigenvalue weighted by molar-refractivity contribution is 14.0. The van der Waals surface area contributed by atoms with E-state index in [4.69, 9.17) is 4.42 Å². The van der Waals surface area contributed by atoms with Crippen LogP contribution in [-0.2, 0) is 18.5 Å². The third-order valence-corrected chi connectivity index (χ3v) is 4.14. The van der Waals surface area contributed by atoms with Crippen LogP contribution in [0.15, 0.2) is 58.3 Å². The van der Waals surface area contributed by atoms with Crippen molar-refractivity contribution in [2.75, 3.05) is 6.54 Å². The van der Waals surface area contributed by atoms with Gasteiger partial charge in [-0.15, -0.1) is 24.0 Å². The van der Waals surface area contributed by atoms with Crippen molar-refractivity contribution < 1.29 is 4.42 Å². The third-order valence-electron chi connectivity index (χ3n) is 4.14. The number of nitrogens with one attached hydrogen (secondary N) is 2. The summed E-state index contributed by atoms with van der Waals surface area (Å²) >= 11 is 0. The zero-order valence-corrected chi connectivity index (χ0v) is 19.7. The summed E-state index contributed by atoms with van der Waals surface area (Å²) in [5, 5.41) is 10.8. The van der Waals surface area contributed by atoms with Gasteiger partial charge in [-0.3, -0.25) is 0 Å². The molecule has 2 heterocycles. The zero-order valence-electron chi connectivity index (χ0n) is 17.3. The van der Waals surface area contributed by atoms with E-state index >= 15 is 0 Å². The van der Waals surface area contributed by atoms with Gasteiger partial charge in [0.1, 0.15) is 5.76 Å². The molecule has 3 aromatic rings. The van der Waals surface area contributed by atoms with E-state index in [9.17, 15) is 0 Å². The lowest BCUT2D eigenvalue weighted by Gasteiger charge is -2.13. The maximum absolute atomic E-state index is 5.83. The van der Waals surface area contributed by atoms with E-state index in [0.717, 1.165) is 29.5 Å². The van der Waals surface area contributed by atoms with Crippen LogP contribution in [0.2, 0.25) is 0 Å². The standard InChI is InChI=1S/C21H28N6O.HI/c1-5-22-20(25-15-19-23-14-18(28-19)21(2,3)4)24-13-16-8-6-9-17(12-16)27-11-7-10-26-27;/h6-12,14H,5,13,15H2,1-4H3,(H2,22,24,25);1H. The Morgan fingerprint density at radius 1 is 1.21 bits per heavy atom. The molecule has 8 heteroatoms. The summed E-state index contributed by atoms with van der Waals surface area (Å²) in [6.45, 7) is 10.2. The predicted octanol–water partition coefficient (Wildman–Crippen LogP) is 4.03. The van der Waals surface area contributed by atoms with Crippen LogP contribution in [-0.4, -0.2) is 27.3 Å². The third kappa shape index (κ3) is 6.59. The number of hydrogen-bond acceptors (Lipinski definition) is 4. The number of hydrogen-bond donors (Lipinski definition) is 2. The summed E-state index contributed by atoms with van der Waals surface area (Å²) in [6.07, 6.45) is 5.49. The van der Waals surface area contributed by atoms with Crippen LogP contribution in [0.25, 0.3) is 5.69 Å². The Morgan fingerprint density at radius 2 is 2.03 bits per heavy atom. The quantitative estimate of drug-likeness (QED) is 0.299. The highest BCUT2D eigenvalue weighted by Crippen LogP contribution is 2.22. The number of rotatable bonds is 6. The molecule has 1 aromatic carbocycles. The van der Waals surface area contributed by atoms with Crippen molar-refractivity contribution in [3.05, 3.63) is 66.1 Å². The molecule has 0 fully saturated rings. The second kappa shape index (κ2) is 10.4. The average Bonchev–Trinajstić information content (AvgIpc) is 3.36. The van der Waals surface area contributed by atoms with Crippen molar-refractivity contribution in [1.82, 2.24) is 25.4 Å². The van der Waals surface area contributed by atoms with Crippen LogP contribution < -0.4 is 10.6 Å². The monoisotopic (exact) mass is 508 g/mol. The van der Waals surface area contributed by atoms with Gasteiger partial charge in [0.25, 0.3) is 0 Å². The van der Waals surface area contributed by atoms with Gasteiger partial charge in [-0.05, 0) is 30.7 Å². The number of aromatic nitrogens is 3. The lowest BCUT2D eigenvalue weighted by Crippen LogP contribution is -2.36. The number of oxazole rings is 1. The Hall–Kier alpha value is -2.36. The molecule has 0 aliphatic carbocycles. The first-order valence-corrected chi connectivity index (χ1v) is 9.52. The smallest absolute Gasteiger partial charge is 0.213 e. The molecule has 2 aromatic heterocycles. The van der Waals surface area contributed by atoms with E-state index < -0.39 is 0 Å². The minimum Gasteiger partial charge on any atom is -0.443 e. The van der Waals surface area contributed by atoms with Gasteiger partial charge in [0, 0.05) is 24.4 Å². The molecule has 0 saturated heterocycles. The Bertz CT molecular complexity index is 911. The van der Waals surface area contributed by atoms with E-state index in [1.807, 2.05) is 36.0 Å². The number of guanidine groups is 1. The minimum absolute atomic E-state index is 0. The van der Waals surface area contributed by atoms with Crippen molar-refractivity contribution in [3.63, 3.8) is 0 Å². The van der Waals surface area contributed by atoms with Crippen LogP contribution in [0.4, 0.5) is 0 Å². The Balaban J connectivity index is 0.00000300. The second-order valence-corrected chi connectivity index (χ2v) is 7.54. The van der Waals surface area contributed by atoms with Gasteiger partial charge >= 0.3 is 0 Å². The molecule has 0 unspecified atom stereocenters. The van der Waals surface area contributed by atoms with E-state index in [2.05, 4.69) is 58.6 Å². The van der Waals surface area contributed by atoms with Gasteiger partial charge in [0.05, 0.1) is 25.0 Å². The molecular weight excluding hydrogens is 479 g/mol. The predicted molar refractivity (Wildman–Crippen MR) is 126 cm³/mol. The molecule has 0 aliphatic rings. The highest BCUT2D eigenvalue weighted by Gasteiger charge is 2.19. The molecule has 0 radical (unpaired) electrons. The number of benzene rings is 1. The van der Waals surface area contributed by atoms with E-state index in [0.29, 0.717) is 19.0 Å². The largest absolute Gasteiger partial charge is 0.443 e. The molecule has 3 rings (SSSR count).